The summed E-state index contributed by atoms with van der Waals surface area (Å²) in [6.07, 6.45) is 2.17. The standard InChI is InChI=1S/C13H26N2O/c1-10(2)5-6-12(14)13-9-15(11(3)4)7-8-16-13/h11-13H,1,5-9,14H2,2-4H3. The predicted molar refractivity (Wildman–Crippen MR) is 68.5 cm³/mol. The number of nitrogens with zero attached hydrogens (tertiary/aromatic N) is 1. The molecule has 0 aromatic heterocycles. The molecule has 0 aromatic carbocycles. The van der Waals surface area contributed by atoms with E-state index in [-0.39, 0.29) is 12.1 Å². The first-order chi connectivity index (χ1) is 7.50. The Bertz CT molecular complexity index is 228. The van der Waals surface area contributed by atoms with Crippen LogP contribution in [0.4, 0.5) is 0 Å². The molecule has 1 rings (SSSR count). The molecule has 1 aliphatic rings. The number of allylic oxidation sites excluding steroid dienone is 1. The second kappa shape index (κ2) is 6.38. The van der Waals surface area contributed by atoms with Crippen molar-refractivity contribution in [3.05, 3.63) is 12.2 Å². The Balaban J connectivity index is 2.37. The highest BCUT2D eigenvalue weighted by Crippen LogP contribution is 2.14. The summed E-state index contributed by atoms with van der Waals surface area (Å²) in [6, 6.07) is 0.720. The quantitative estimate of drug-likeness (QED) is 0.726. The van der Waals surface area contributed by atoms with E-state index in [0.717, 1.165) is 32.5 Å². The average Bonchev–Trinajstić information content (AvgIpc) is 2.26. The maximum Gasteiger partial charge on any atom is 0.0853 e. The lowest BCUT2D eigenvalue weighted by molar-refractivity contribution is -0.0506. The van der Waals surface area contributed by atoms with Crippen molar-refractivity contribution in [1.29, 1.82) is 0 Å². The van der Waals surface area contributed by atoms with E-state index in [1.54, 1.807) is 0 Å². The van der Waals surface area contributed by atoms with Gasteiger partial charge in [-0.15, -0.1) is 6.58 Å². The van der Waals surface area contributed by atoms with Crippen LogP contribution in [0.15, 0.2) is 12.2 Å². The fourth-order valence-corrected chi connectivity index (χ4v) is 2.02. The van der Waals surface area contributed by atoms with E-state index in [1.165, 1.54) is 5.57 Å². The number of hydrogen-bond acceptors (Lipinski definition) is 3. The number of rotatable bonds is 5. The largest absolute Gasteiger partial charge is 0.374 e. The third kappa shape index (κ3) is 4.24. The Morgan fingerprint density at radius 3 is 2.81 bits per heavy atom. The summed E-state index contributed by atoms with van der Waals surface area (Å²) in [5, 5.41) is 0. The van der Waals surface area contributed by atoms with E-state index < -0.39 is 0 Å². The summed E-state index contributed by atoms with van der Waals surface area (Å²) < 4.78 is 5.76. The second-order valence-corrected chi connectivity index (χ2v) is 5.16. The monoisotopic (exact) mass is 226 g/mol. The van der Waals surface area contributed by atoms with Crippen molar-refractivity contribution in [2.24, 2.45) is 5.73 Å². The van der Waals surface area contributed by atoms with Crippen LogP contribution in [0.25, 0.3) is 0 Å². The van der Waals surface area contributed by atoms with Gasteiger partial charge in [0.1, 0.15) is 0 Å². The van der Waals surface area contributed by atoms with Crippen LogP contribution in [0, 0.1) is 0 Å². The van der Waals surface area contributed by atoms with Gasteiger partial charge in [-0.3, -0.25) is 4.90 Å². The SMILES string of the molecule is C=C(C)CCC(N)C1CN(C(C)C)CCO1. The summed E-state index contributed by atoms with van der Waals surface area (Å²) in [5.41, 5.74) is 7.37. The normalized spacial score (nSPS) is 24.7. The minimum Gasteiger partial charge on any atom is -0.374 e. The van der Waals surface area contributed by atoms with Crippen LogP contribution in [-0.2, 0) is 4.74 Å². The highest BCUT2D eigenvalue weighted by Gasteiger charge is 2.26. The number of morpholine rings is 1. The lowest BCUT2D eigenvalue weighted by atomic mass is 10.0. The molecule has 0 amide bonds. The highest BCUT2D eigenvalue weighted by molar-refractivity contribution is 4.91. The van der Waals surface area contributed by atoms with E-state index in [2.05, 4.69) is 32.3 Å². The second-order valence-electron chi connectivity index (χ2n) is 5.16. The van der Waals surface area contributed by atoms with Crippen molar-refractivity contribution < 1.29 is 4.74 Å². The average molecular weight is 226 g/mol. The molecule has 3 nitrogen and oxygen atoms in total. The third-order valence-corrected chi connectivity index (χ3v) is 3.24. The first-order valence-corrected chi connectivity index (χ1v) is 6.26. The van der Waals surface area contributed by atoms with E-state index in [1.807, 2.05) is 0 Å². The van der Waals surface area contributed by atoms with Crippen molar-refractivity contribution in [3.8, 4) is 0 Å². The van der Waals surface area contributed by atoms with Gasteiger partial charge in [0.25, 0.3) is 0 Å². The smallest absolute Gasteiger partial charge is 0.0853 e. The van der Waals surface area contributed by atoms with Crippen molar-refractivity contribution in [1.82, 2.24) is 4.90 Å². The van der Waals surface area contributed by atoms with Gasteiger partial charge in [0.05, 0.1) is 12.7 Å². The van der Waals surface area contributed by atoms with Crippen molar-refractivity contribution in [2.45, 2.75) is 51.8 Å². The van der Waals surface area contributed by atoms with Crippen LogP contribution in [0.2, 0.25) is 0 Å². The van der Waals surface area contributed by atoms with Gasteiger partial charge >= 0.3 is 0 Å². The zero-order chi connectivity index (χ0) is 12.1. The Kier molecular flexibility index (Phi) is 5.46. The summed E-state index contributed by atoms with van der Waals surface area (Å²) in [7, 11) is 0. The van der Waals surface area contributed by atoms with Gasteiger partial charge in [0, 0.05) is 25.2 Å². The fourth-order valence-electron chi connectivity index (χ4n) is 2.02. The van der Waals surface area contributed by atoms with Crippen LogP contribution in [0.3, 0.4) is 0 Å². The van der Waals surface area contributed by atoms with Gasteiger partial charge in [-0.1, -0.05) is 5.57 Å². The molecule has 0 spiro atoms. The molecule has 1 heterocycles. The molecule has 3 heteroatoms. The minimum absolute atomic E-state index is 0.137. The van der Waals surface area contributed by atoms with Crippen molar-refractivity contribution in [2.75, 3.05) is 19.7 Å². The molecule has 0 bridgehead atoms. The van der Waals surface area contributed by atoms with Crippen LogP contribution >= 0.6 is 0 Å². The van der Waals surface area contributed by atoms with Crippen LogP contribution in [0.1, 0.15) is 33.6 Å². The Morgan fingerprint density at radius 1 is 1.56 bits per heavy atom. The zero-order valence-corrected chi connectivity index (χ0v) is 10.9. The maximum atomic E-state index is 6.17. The number of ether oxygens (including phenoxy) is 1. The zero-order valence-electron chi connectivity index (χ0n) is 10.9. The van der Waals surface area contributed by atoms with Crippen LogP contribution < -0.4 is 5.73 Å². The first-order valence-electron chi connectivity index (χ1n) is 6.26. The minimum atomic E-state index is 0.137. The maximum absolute atomic E-state index is 6.17. The molecule has 2 atom stereocenters. The predicted octanol–water partition coefficient (Wildman–Crippen LogP) is 1.78. The number of nitrogens with two attached hydrogens (primary N) is 1. The third-order valence-electron chi connectivity index (χ3n) is 3.24. The van der Waals surface area contributed by atoms with Gasteiger partial charge in [0.2, 0.25) is 0 Å². The molecule has 2 N–H and O–H groups in total. The molecule has 0 aliphatic carbocycles. The van der Waals surface area contributed by atoms with Crippen molar-refractivity contribution in [3.63, 3.8) is 0 Å². The molecule has 2 unspecified atom stereocenters. The first kappa shape index (κ1) is 13.7. The topological polar surface area (TPSA) is 38.5 Å². The van der Waals surface area contributed by atoms with Gasteiger partial charge in [-0.25, -0.2) is 0 Å². The summed E-state index contributed by atoms with van der Waals surface area (Å²) in [5.74, 6) is 0. The molecule has 0 radical (unpaired) electrons. The summed E-state index contributed by atoms with van der Waals surface area (Å²) in [6.45, 7) is 13.2. The van der Waals surface area contributed by atoms with Gasteiger partial charge in [-0.05, 0) is 33.6 Å². The molecule has 16 heavy (non-hydrogen) atoms. The van der Waals surface area contributed by atoms with Gasteiger partial charge < -0.3 is 10.5 Å². The van der Waals surface area contributed by atoms with E-state index in [9.17, 15) is 0 Å². The molecule has 0 saturated carbocycles. The molecule has 1 saturated heterocycles. The molecule has 0 aromatic rings. The Labute approximate surface area is 99.6 Å². The van der Waals surface area contributed by atoms with E-state index >= 15 is 0 Å². The fraction of sp³-hybridized carbons (Fsp3) is 0.846. The van der Waals surface area contributed by atoms with E-state index in [4.69, 9.17) is 10.5 Å². The summed E-state index contributed by atoms with van der Waals surface area (Å²) >= 11 is 0. The molecular formula is C13H26N2O. The van der Waals surface area contributed by atoms with E-state index in [0.29, 0.717) is 6.04 Å². The Hall–Kier alpha value is -0.380. The van der Waals surface area contributed by atoms with Gasteiger partial charge in [0.15, 0.2) is 0 Å². The van der Waals surface area contributed by atoms with Crippen molar-refractivity contribution >= 4 is 0 Å². The lowest BCUT2D eigenvalue weighted by Crippen LogP contribution is -2.52. The van der Waals surface area contributed by atoms with Crippen LogP contribution in [0.5, 0.6) is 0 Å². The van der Waals surface area contributed by atoms with Gasteiger partial charge in [-0.2, -0.15) is 0 Å². The number of hydrogen-bond donors (Lipinski definition) is 1. The molecule has 1 fully saturated rings. The highest BCUT2D eigenvalue weighted by atomic mass is 16.5. The lowest BCUT2D eigenvalue weighted by Gasteiger charge is -2.37. The van der Waals surface area contributed by atoms with Crippen LogP contribution in [-0.4, -0.2) is 42.8 Å². The molecule has 94 valence electrons. The Morgan fingerprint density at radius 2 is 2.25 bits per heavy atom. The molecular weight excluding hydrogens is 200 g/mol. The molecule has 1 aliphatic heterocycles. The summed E-state index contributed by atoms with van der Waals surface area (Å²) in [4.78, 5) is 2.44.